The third-order valence-corrected chi connectivity index (χ3v) is 5.60. The predicted octanol–water partition coefficient (Wildman–Crippen LogP) is 3.88. The lowest BCUT2D eigenvalue weighted by Crippen LogP contribution is -2.32. The Bertz CT molecular complexity index is 1150. The van der Waals surface area contributed by atoms with Crippen LogP contribution < -0.4 is 10.6 Å². The average molecular weight is 447 g/mol. The van der Waals surface area contributed by atoms with Crippen LogP contribution in [0.3, 0.4) is 0 Å². The van der Waals surface area contributed by atoms with Crippen LogP contribution >= 0.6 is 0 Å². The van der Waals surface area contributed by atoms with Crippen LogP contribution in [0.15, 0.2) is 72.8 Å². The molecular formula is C26H27FN4O2. The van der Waals surface area contributed by atoms with Gasteiger partial charge in [0.25, 0.3) is 11.8 Å². The highest BCUT2D eigenvalue weighted by Gasteiger charge is 2.36. The number of carbonyl (C=O) groups excluding carboxylic acids is 2. The first-order chi connectivity index (χ1) is 15.9. The Kier molecular flexibility index (Phi) is 6.70. The molecule has 1 aliphatic heterocycles. The number of amides is 2. The van der Waals surface area contributed by atoms with E-state index in [4.69, 9.17) is 0 Å². The fourth-order valence-corrected chi connectivity index (χ4v) is 3.88. The summed E-state index contributed by atoms with van der Waals surface area (Å²) in [7, 11) is 3.91. The fourth-order valence-electron chi connectivity index (χ4n) is 3.88. The van der Waals surface area contributed by atoms with Gasteiger partial charge in [-0.05, 0) is 56.1 Å². The number of benzene rings is 3. The summed E-state index contributed by atoms with van der Waals surface area (Å²) in [5.41, 5.74) is 3.61. The monoisotopic (exact) mass is 446 g/mol. The summed E-state index contributed by atoms with van der Waals surface area (Å²) in [5.74, 6) is -0.554. The number of nitrogens with one attached hydrogen (secondary N) is 2. The van der Waals surface area contributed by atoms with E-state index in [2.05, 4.69) is 10.6 Å². The van der Waals surface area contributed by atoms with Crippen molar-refractivity contribution in [2.24, 2.45) is 0 Å². The minimum absolute atomic E-state index is 0.0926. The number of likely N-dealkylation sites (N-methyl/N-ethyl adjacent to an activating group) is 1. The van der Waals surface area contributed by atoms with E-state index < -0.39 is 6.17 Å². The van der Waals surface area contributed by atoms with Crippen LogP contribution in [-0.2, 0) is 6.54 Å². The van der Waals surface area contributed by atoms with E-state index in [1.807, 2.05) is 55.4 Å². The number of hydrogen-bond acceptors (Lipinski definition) is 4. The van der Waals surface area contributed by atoms with E-state index in [1.54, 1.807) is 29.2 Å². The number of carbonyl (C=O) groups is 2. The number of halogens is 1. The first kappa shape index (κ1) is 22.5. The van der Waals surface area contributed by atoms with Gasteiger partial charge in [-0.2, -0.15) is 0 Å². The van der Waals surface area contributed by atoms with Gasteiger partial charge in [-0.15, -0.1) is 0 Å². The lowest BCUT2D eigenvalue weighted by Gasteiger charge is -2.27. The normalized spacial score (nSPS) is 15.0. The topological polar surface area (TPSA) is 64.7 Å². The number of fused-ring (bicyclic) bond motifs is 1. The molecule has 170 valence electrons. The van der Waals surface area contributed by atoms with Crippen molar-refractivity contribution in [1.82, 2.24) is 15.1 Å². The second-order valence-electron chi connectivity index (χ2n) is 8.33. The molecule has 0 saturated carbocycles. The Morgan fingerprint density at radius 2 is 1.79 bits per heavy atom. The smallest absolute Gasteiger partial charge is 0.256 e. The fraction of sp³-hybridized carbons (Fsp3) is 0.231. The highest BCUT2D eigenvalue weighted by molar-refractivity contribution is 5.99. The van der Waals surface area contributed by atoms with Crippen molar-refractivity contribution in [3.63, 3.8) is 0 Å². The molecule has 0 aliphatic carbocycles. The zero-order chi connectivity index (χ0) is 23.4. The van der Waals surface area contributed by atoms with E-state index in [9.17, 15) is 14.0 Å². The van der Waals surface area contributed by atoms with Gasteiger partial charge in [-0.3, -0.25) is 9.59 Å². The highest BCUT2D eigenvalue weighted by atomic mass is 19.1. The summed E-state index contributed by atoms with van der Waals surface area (Å²) in [6, 6.07) is 20.9. The molecule has 0 aromatic heterocycles. The minimum Gasteiger partial charge on any atom is -0.361 e. The van der Waals surface area contributed by atoms with Crippen molar-refractivity contribution in [3.05, 3.63) is 101 Å². The molecule has 2 N–H and O–H groups in total. The van der Waals surface area contributed by atoms with Crippen molar-refractivity contribution >= 4 is 17.5 Å². The number of hydrogen-bond donors (Lipinski definition) is 2. The standard InChI is InChI=1S/C26H27FN4O2/c1-30(2)15-14-28-25(32)19-6-5-7-21(16-19)29-24-22-8-3-4-9-23(22)26(33)31(24)17-18-10-12-20(27)13-11-18/h3-13,16,24,29H,14-15,17H2,1-2H3,(H,28,32). The van der Waals surface area contributed by atoms with Crippen LogP contribution in [0, 0.1) is 5.82 Å². The van der Waals surface area contributed by atoms with E-state index in [0.717, 1.165) is 23.4 Å². The number of rotatable bonds is 8. The van der Waals surface area contributed by atoms with Gasteiger partial charge in [0, 0.05) is 42.0 Å². The lowest BCUT2D eigenvalue weighted by molar-refractivity contribution is 0.0728. The molecule has 4 rings (SSSR count). The Morgan fingerprint density at radius 1 is 1.03 bits per heavy atom. The molecule has 3 aromatic rings. The second-order valence-corrected chi connectivity index (χ2v) is 8.33. The molecule has 1 aliphatic rings. The highest BCUT2D eigenvalue weighted by Crippen LogP contribution is 2.35. The molecular weight excluding hydrogens is 419 g/mol. The van der Waals surface area contributed by atoms with Crippen LogP contribution in [0.1, 0.15) is 38.0 Å². The van der Waals surface area contributed by atoms with Gasteiger partial charge in [0.2, 0.25) is 0 Å². The first-order valence-electron chi connectivity index (χ1n) is 10.9. The molecule has 1 atom stereocenters. The Morgan fingerprint density at radius 3 is 2.55 bits per heavy atom. The van der Waals surface area contributed by atoms with E-state index in [0.29, 0.717) is 24.2 Å². The van der Waals surface area contributed by atoms with Gasteiger partial charge < -0.3 is 20.4 Å². The summed E-state index contributed by atoms with van der Waals surface area (Å²) in [6.07, 6.45) is -0.411. The summed E-state index contributed by atoms with van der Waals surface area (Å²) in [5, 5.41) is 6.34. The summed E-state index contributed by atoms with van der Waals surface area (Å²) in [4.78, 5) is 29.4. The maximum absolute atomic E-state index is 13.3. The van der Waals surface area contributed by atoms with Crippen LogP contribution in [0.5, 0.6) is 0 Å². The second kappa shape index (κ2) is 9.83. The third-order valence-electron chi connectivity index (χ3n) is 5.60. The maximum atomic E-state index is 13.3. The van der Waals surface area contributed by atoms with Gasteiger partial charge in [-0.25, -0.2) is 4.39 Å². The summed E-state index contributed by atoms with van der Waals surface area (Å²) in [6.45, 7) is 1.64. The van der Waals surface area contributed by atoms with Crippen LogP contribution in [0.2, 0.25) is 0 Å². The van der Waals surface area contributed by atoms with Crippen molar-refractivity contribution in [2.75, 3.05) is 32.5 Å². The Labute approximate surface area is 193 Å². The van der Waals surface area contributed by atoms with Crippen molar-refractivity contribution in [2.45, 2.75) is 12.7 Å². The molecule has 1 heterocycles. The van der Waals surface area contributed by atoms with Gasteiger partial charge >= 0.3 is 0 Å². The molecule has 6 nitrogen and oxygen atoms in total. The first-order valence-corrected chi connectivity index (χ1v) is 10.9. The largest absolute Gasteiger partial charge is 0.361 e. The average Bonchev–Trinajstić information content (AvgIpc) is 3.06. The molecule has 2 amide bonds. The SMILES string of the molecule is CN(C)CCNC(=O)c1cccc(NC2c3ccccc3C(=O)N2Cc2ccc(F)cc2)c1. The Balaban J connectivity index is 1.56. The van der Waals surface area contributed by atoms with Crippen LogP contribution in [0.25, 0.3) is 0 Å². The third kappa shape index (κ3) is 5.21. The molecule has 0 spiro atoms. The van der Waals surface area contributed by atoms with E-state index in [1.165, 1.54) is 12.1 Å². The van der Waals surface area contributed by atoms with Crippen molar-refractivity contribution in [3.8, 4) is 0 Å². The summed E-state index contributed by atoms with van der Waals surface area (Å²) >= 11 is 0. The van der Waals surface area contributed by atoms with Gasteiger partial charge in [-0.1, -0.05) is 36.4 Å². The van der Waals surface area contributed by atoms with Crippen LogP contribution in [-0.4, -0.2) is 48.8 Å². The molecule has 0 fully saturated rings. The maximum Gasteiger partial charge on any atom is 0.256 e. The van der Waals surface area contributed by atoms with E-state index in [-0.39, 0.29) is 17.6 Å². The van der Waals surface area contributed by atoms with Crippen molar-refractivity contribution < 1.29 is 14.0 Å². The molecule has 0 bridgehead atoms. The van der Waals surface area contributed by atoms with Gasteiger partial charge in [0.1, 0.15) is 12.0 Å². The molecule has 0 radical (unpaired) electrons. The lowest BCUT2D eigenvalue weighted by atomic mass is 10.1. The van der Waals surface area contributed by atoms with E-state index >= 15 is 0 Å². The predicted molar refractivity (Wildman–Crippen MR) is 126 cm³/mol. The zero-order valence-electron chi connectivity index (χ0n) is 18.7. The number of anilines is 1. The molecule has 33 heavy (non-hydrogen) atoms. The van der Waals surface area contributed by atoms with Gasteiger partial charge in [0.15, 0.2) is 0 Å². The molecule has 0 saturated heterocycles. The Hall–Kier alpha value is -3.71. The zero-order valence-corrected chi connectivity index (χ0v) is 18.7. The minimum atomic E-state index is -0.411. The molecule has 1 unspecified atom stereocenters. The molecule has 7 heteroatoms. The number of nitrogens with zero attached hydrogens (tertiary/aromatic N) is 2. The van der Waals surface area contributed by atoms with Crippen LogP contribution in [0.4, 0.5) is 10.1 Å². The van der Waals surface area contributed by atoms with Gasteiger partial charge in [0.05, 0.1) is 0 Å². The quantitative estimate of drug-likeness (QED) is 0.551. The molecule has 3 aromatic carbocycles. The van der Waals surface area contributed by atoms with Crippen molar-refractivity contribution in [1.29, 1.82) is 0 Å². The summed E-state index contributed by atoms with van der Waals surface area (Å²) < 4.78 is 13.3.